The van der Waals surface area contributed by atoms with Gasteiger partial charge in [-0.1, -0.05) is 55.8 Å². The van der Waals surface area contributed by atoms with Crippen molar-refractivity contribution in [1.29, 1.82) is 0 Å². The number of amides is 2. The van der Waals surface area contributed by atoms with Crippen molar-refractivity contribution in [2.24, 2.45) is 5.92 Å². The van der Waals surface area contributed by atoms with Crippen molar-refractivity contribution >= 4 is 29.1 Å². The lowest BCUT2D eigenvalue weighted by Gasteiger charge is -2.39. The number of nitrogens with one attached hydrogen (secondary N) is 1. The Morgan fingerprint density at radius 1 is 1.03 bits per heavy atom. The number of carbonyl (C=O) groups excluding carboxylic acids is 2. The second kappa shape index (κ2) is 9.96. The van der Waals surface area contributed by atoms with E-state index in [9.17, 15) is 9.59 Å². The summed E-state index contributed by atoms with van der Waals surface area (Å²) in [5.74, 6) is 0.555. The van der Waals surface area contributed by atoms with E-state index in [0.29, 0.717) is 42.6 Å². The van der Waals surface area contributed by atoms with Gasteiger partial charge in [0.25, 0.3) is 0 Å². The van der Waals surface area contributed by atoms with Crippen LogP contribution in [0.1, 0.15) is 25.5 Å². The molecule has 0 aromatic heterocycles. The summed E-state index contributed by atoms with van der Waals surface area (Å²) in [7, 11) is 1.55. The lowest BCUT2D eigenvalue weighted by Crippen LogP contribution is -2.52. The molecule has 2 aromatic carbocycles. The number of nitrogens with zero attached hydrogens (tertiary/aromatic N) is 2. The summed E-state index contributed by atoms with van der Waals surface area (Å²) in [5.41, 5.74) is 1.53. The van der Waals surface area contributed by atoms with E-state index in [1.807, 2.05) is 49.1 Å². The van der Waals surface area contributed by atoms with Gasteiger partial charge in [-0.3, -0.25) is 14.5 Å². The summed E-state index contributed by atoms with van der Waals surface area (Å²) in [6.45, 7) is 6.32. The molecular formula is C23H28ClN3O3. The fourth-order valence-corrected chi connectivity index (χ4v) is 3.94. The van der Waals surface area contributed by atoms with Crippen LogP contribution in [0, 0.1) is 5.92 Å². The second-order valence-electron chi connectivity index (χ2n) is 7.67. The summed E-state index contributed by atoms with van der Waals surface area (Å²) in [4.78, 5) is 29.6. The Morgan fingerprint density at radius 3 is 2.27 bits per heavy atom. The number of carbonyl (C=O) groups is 2. The molecule has 0 spiro atoms. The monoisotopic (exact) mass is 429 g/mol. The Labute approximate surface area is 182 Å². The van der Waals surface area contributed by atoms with E-state index in [1.54, 1.807) is 25.3 Å². The van der Waals surface area contributed by atoms with Gasteiger partial charge in [-0.25, -0.2) is 0 Å². The van der Waals surface area contributed by atoms with Gasteiger partial charge in [0.2, 0.25) is 11.8 Å². The third kappa shape index (κ3) is 5.12. The molecule has 0 radical (unpaired) electrons. The van der Waals surface area contributed by atoms with Gasteiger partial charge < -0.3 is 15.0 Å². The van der Waals surface area contributed by atoms with E-state index >= 15 is 0 Å². The average molecular weight is 430 g/mol. The number of methoxy groups -OCH3 is 1. The summed E-state index contributed by atoms with van der Waals surface area (Å²) in [5, 5.41) is 3.42. The summed E-state index contributed by atoms with van der Waals surface area (Å²) in [6.07, 6.45) is 0. The largest absolute Gasteiger partial charge is 0.495 e. The van der Waals surface area contributed by atoms with Crippen molar-refractivity contribution in [3.05, 3.63) is 59.1 Å². The van der Waals surface area contributed by atoms with Crippen LogP contribution in [-0.2, 0) is 9.59 Å². The molecule has 0 bridgehead atoms. The summed E-state index contributed by atoms with van der Waals surface area (Å²) >= 11 is 6.21. The van der Waals surface area contributed by atoms with Crippen molar-refractivity contribution < 1.29 is 14.3 Å². The first-order valence-electron chi connectivity index (χ1n) is 10.1. The van der Waals surface area contributed by atoms with E-state index in [1.165, 1.54) is 0 Å². The number of rotatable bonds is 6. The molecule has 7 heteroatoms. The van der Waals surface area contributed by atoms with Crippen molar-refractivity contribution in [1.82, 2.24) is 9.80 Å². The Bertz CT molecular complexity index is 881. The first kappa shape index (κ1) is 22.1. The van der Waals surface area contributed by atoms with E-state index in [-0.39, 0.29) is 17.7 Å². The number of benzene rings is 2. The van der Waals surface area contributed by atoms with Crippen LogP contribution in [0.4, 0.5) is 5.69 Å². The van der Waals surface area contributed by atoms with Crippen molar-refractivity contribution in [3.63, 3.8) is 0 Å². The smallest absolute Gasteiger partial charge is 0.246 e. The van der Waals surface area contributed by atoms with Crippen LogP contribution in [0.15, 0.2) is 48.5 Å². The number of hydrogen-bond acceptors (Lipinski definition) is 4. The number of piperazine rings is 1. The zero-order chi connectivity index (χ0) is 21.7. The first-order valence-corrected chi connectivity index (χ1v) is 10.5. The third-order valence-corrected chi connectivity index (χ3v) is 5.56. The van der Waals surface area contributed by atoms with Crippen molar-refractivity contribution in [3.8, 4) is 5.75 Å². The lowest BCUT2D eigenvalue weighted by molar-refractivity contribution is -0.137. The van der Waals surface area contributed by atoms with Crippen LogP contribution in [0.25, 0.3) is 0 Å². The molecule has 1 heterocycles. The van der Waals surface area contributed by atoms with E-state index in [0.717, 1.165) is 5.56 Å². The predicted octanol–water partition coefficient (Wildman–Crippen LogP) is 3.83. The van der Waals surface area contributed by atoms with Gasteiger partial charge >= 0.3 is 0 Å². The SMILES string of the molecule is COc1ccc(NC(=O)C(c2ccccc2)N2CCN(C(=O)C(C)C)CC2)cc1Cl. The van der Waals surface area contributed by atoms with Gasteiger partial charge in [0.1, 0.15) is 11.8 Å². The van der Waals surface area contributed by atoms with Crippen LogP contribution in [-0.4, -0.2) is 54.9 Å². The Morgan fingerprint density at radius 2 is 1.70 bits per heavy atom. The molecule has 1 aliphatic rings. The molecule has 2 aromatic rings. The molecule has 30 heavy (non-hydrogen) atoms. The Hall–Kier alpha value is -2.57. The molecule has 160 valence electrons. The molecule has 1 unspecified atom stereocenters. The molecule has 1 saturated heterocycles. The van der Waals surface area contributed by atoms with Crippen LogP contribution in [0.5, 0.6) is 5.75 Å². The van der Waals surface area contributed by atoms with Gasteiger partial charge in [0.15, 0.2) is 0 Å². The minimum Gasteiger partial charge on any atom is -0.495 e. The zero-order valence-corrected chi connectivity index (χ0v) is 18.4. The molecule has 6 nitrogen and oxygen atoms in total. The van der Waals surface area contributed by atoms with Crippen molar-refractivity contribution in [2.75, 3.05) is 38.6 Å². The van der Waals surface area contributed by atoms with Crippen LogP contribution >= 0.6 is 11.6 Å². The highest BCUT2D eigenvalue weighted by Crippen LogP contribution is 2.29. The maximum atomic E-state index is 13.3. The molecule has 1 N–H and O–H groups in total. The maximum absolute atomic E-state index is 13.3. The second-order valence-corrected chi connectivity index (χ2v) is 8.07. The van der Waals surface area contributed by atoms with E-state index in [2.05, 4.69) is 10.2 Å². The van der Waals surface area contributed by atoms with Crippen LogP contribution in [0.3, 0.4) is 0 Å². The number of ether oxygens (including phenoxy) is 1. The summed E-state index contributed by atoms with van der Waals surface area (Å²) < 4.78 is 5.18. The van der Waals surface area contributed by atoms with Crippen LogP contribution in [0.2, 0.25) is 5.02 Å². The standard InChI is InChI=1S/C23H28ClN3O3/c1-16(2)23(29)27-13-11-26(12-14-27)21(17-7-5-4-6-8-17)22(28)25-18-9-10-20(30-3)19(24)15-18/h4-10,15-16,21H,11-14H2,1-3H3,(H,25,28). The quantitative estimate of drug-likeness (QED) is 0.758. The highest BCUT2D eigenvalue weighted by molar-refractivity contribution is 6.32. The van der Waals surface area contributed by atoms with E-state index < -0.39 is 6.04 Å². The normalized spacial score (nSPS) is 15.7. The van der Waals surface area contributed by atoms with Crippen LogP contribution < -0.4 is 10.1 Å². The van der Waals surface area contributed by atoms with Gasteiger partial charge in [-0.15, -0.1) is 0 Å². The van der Waals surface area contributed by atoms with Crippen molar-refractivity contribution in [2.45, 2.75) is 19.9 Å². The van der Waals surface area contributed by atoms with Gasteiger partial charge in [0, 0.05) is 37.8 Å². The minimum absolute atomic E-state index is 0.0235. The topological polar surface area (TPSA) is 61.9 Å². The molecule has 2 amide bonds. The summed E-state index contributed by atoms with van der Waals surface area (Å²) in [6, 6.07) is 14.4. The Balaban J connectivity index is 1.78. The highest BCUT2D eigenvalue weighted by atomic mass is 35.5. The number of hydrogen-bond donors (Lipinski definition) is 1. The maximum Gasteiger partial charge on any atom is 0.246 e. The highest BCUT2D eigenvalue weighted by Gasteiger charge is 2.32. The molecule has 0 aliphatic carbocycles. The molecular weight excluding hydrogens is 402 g/mol. The first-order chi connectivity index (χ1) is 14.4. The molecule has 1 atom stereocenters. The average Bonchev–Trinajstić information content (AvgIpc) is 2.75. The minimum atomic E-state index is -0.455. The van der Waals surface area contributed by atoms with Gasteiger partial charge in [0.05, 0.1) is 12.1 Å². The molecule has 1 fully saturated rings. The third-order valence-electron chi connectivity index (χ3n) is 5.27. The fourth-order valence-electron chi connectivity index (χ4n) is 3.68. The fraction of sp³-hybridized carbons (Fsp3) is 0.391. The van der Waals surface area contributed by atoms with Gasteiger partial charge in [-0.2, -0.15) is 0 Å². The number of halogens is 1. The Kier molecular flexibility index (Phi) is 7.34. The lowest BCUT2D eigenvalue weighted by atomic mass is 10.0. The van der Waals surface area contributed by atoms with Gasteiger partial charge in [-0.05, 0) is 23.8 Å². The van der Waals surface area contributed by atoms with E-state index in [4.69, 9.17) is 16.3 Å². The molecule has 1 aliphatic heterocycles. The predicted molar refractivity (Wildman–Crippen MR) is 119 cm³/mol. The zero-order valence-electron chi connectivity index (χ0n) is 17.6. The molecule has 3 rings (SSSR count). The molecule has 0 saturated carbocycles. The number of anilines is 1.